The summed E-state index contributed by atoms with van der Waals surface area (Å²) < 4.78 is 5.96. The van der Waals surface area contributed by atoms with E-state index in [1.54, 1.807) is 0 Å². The van der Waals surface area contributed by atoms with Crippen LogP contribution in [0.15, 0.2) is 17.5 Å². The Morgan fingerprint density at radius 3 is 3.06 bits per heavy atom. The zero-order valence-electron chi connectivity index (χ0n) is 11.5. The summed E-state index contributed by atoms with van der Waals surface area (Å²) in [6.07, 6.45) is 3.02. The zero-order chi connectivity index (χ0) is 12.8. The molecular formula is C15H23NOS. The Morgan fingerprint density at radius 2 is 2.33 bits per heavy atom. The molecular weight excluding hydrogens is 242 g/mol. The Bertz CT molecular complexity index is 401. The van der Waals surface area contributed by atoms with Crippen molar-refractivity contribution < 1.29 is 4.74 Å². The minimum atomic E-state index is 0.274. The molecule has 1 aromatic rings. The molecule has 1 saturated carbocycles. The lowest BCUT2D eigenvalue weighted by Crippen LogP contribution is -2.69. The smallest absolute Gasteiger partial charge is 0.0684 e. The topological polar surface area (TPSA) is 21.3 Å². The summed E-state index contributed by atoms with van der Waals surface area (Å²) in [6.45, 7) is 7.92. The van der Waals surface area contributed by atoms with E-state index in [1.807, 2.05) is 11.3 Å². The number of hydrogen-bond donors (Lipinski definition) is 1. The van der Waals surface area contributed by atoms with Crippen molar-refractivity contribution in [2.24, 2.45) is 11.3 Å². The third kappa shape index (κ3) is 1.93. The molecule has 0 bridgehead atoms. The first-order chi connectivity index (χ1) is 8.60. The van der Waals surface area contributed by atoms with Gasteiger partial charge < -0.3 is 10.1 Å². The zero-order valence-corrected chi connectivity index (χ0v) is 12.3. The Kier molecular flexibility index (Phi) is 3.25. The molecule has 1 aliphatic heterocycles. The van der Waals surface area contributed by atoms with Gasteiger partial charge in [-0.05, 0) is 31.2 Å². The maximum Gasteiger partial charge on any atom is 0.0684 e. The normalized spacial score (nSPS) is 35.6. The van der Waals surface area contributed by atoms with Crippen LogP contribution in [0.2, 0.25) is 0 Å². The van der Waals surface area contributed by atoms with Crippen LogP contribution in [0.4, 0.5) is 0 Å². The van der Waals surface area contributed by atoms with Crippen molar-refractivity contribution in [3.8, 4) is 0 Å². The van der Waals surface area contributed by atoms with Gasteiger partial charge in [0.2, 0.25) is 0 Å². The molecule has 4 unspecified atom stereocenters. The maximum atomic E-state index is 5.96. The van der Waals surface area contributed by atoms with E-state index in [1.165, 1.54) is 17.7 Å². The SMILES string of the molecule is CC(NC1C2CCCOC2C1(C)C)c1cccs1. The Balaban J connectivity index is 1.69. The van der Waals surface area contributed by atoms with Crippen molar-refractivity contribution in [1.29, 1.82) is 0 Å². The minimum absolute atomic E-state index is 0.274. The van der Waals surface area contributed by atoms with Gasteiger partial charge in [-0.25, -0.2) is 0 Å². The maximum absolute atomic E-state index is 5.96. The molecule has 0 amide bonds. The second kappa shape index (κ2) is 4.62. The molecule has 2 fully saturated rings. The van der Waals surface area contributed by atoms with Crippen molar-refractivity contribution in [3.05, 3.63) is 22.4 Å². The number of ether oxygens (including phenoxy) is 1. The predicted octanol–water partition coefficient (Wildman–Crippen LogP) is 3.60. The average molecular weight is 265 g/mol. The van der Waals surface area contributed by atoms with Gasteiger partial charge in [0.05, 0.1) is 6.10 Å². The van der Waals surface area contributed by atoms with Crippen LogP contribution < -0.4 is 5.32 Å². The Hall–Kier alpha value is -0.380. The second-order valence-electron chi connectivity index (χ2n) is 6.30. The first-order valence-electron chi connectivity index (χ1n) is 7.02. The molecule has 3 heteroatoms. The summed E-state index contributed by atoms with van der Waals surface area (Å²) in [5, 5.41) is 6.00. The molecule has 3 rings (SSSR count). The fraction of sp³-hybridized carbons (Fsp3) is 0.733. The number of nitrogens with one attached hydrogen (secondary N) is 1. The molecule has 100 valence electrons. The van der Waals surface area contributed by atoms with Gasteiger partial charge in [0, 0.05) is 34.9 Å². The molecule has 2 nitrogen and oxygen atoms in total. The highest BCUT2D eigenvalue weighted by atomic mass is 32.1. The summed E-state index contributed by atoms with van der Waals surface area (Å²) in [5.74, 6) is 0.719. The Labute approximate surface area is 114 Å². The van der Waals surface area contributed by atoms with Crippen molar-refractivity contribution in [3.63, 3.8) is 0 Å². The van der Waals surface area contributed by atoms with E-state index in [9.17, 15) is 0 Å². The minimum Gasteiger partial charge on any atom is -0.377 e. The van der Waals surface area contributed by atoms with Crippen LogP contribution in [0, 0.1) is 11.3 Å². The summed E-state index contributed by atoms with van der Waals surface area (Å²) >= 11 is 1.84. The third-order valence-electron chi connectivity index (χ3n) is 4.73. The number of rotatable bonds is 3. The molecule has 2 aliphatic rings. The summed E-state index contributed by atoms with van der Waals surface area (Å²) in [5.41, 5.74) is 0.274. The van der Waals surface area contributed by atoms with Gasteiger partial charge in [0.25, 0.3) is 0 Å². The number of thiophene rings is 1. The van der Waals surface area contributed by atoms with E-state index in [2.05, 4.69) is 43.6 Å². The van der Waals surface area contributed by atoms with Gasteiger partial charge in [0.15, 0.2) is 0 Å². The van der Waals surface area contributed by atoms with Crippen molar-refractivity contribution >= 4 is 11.3 Å². The van der Waals surface area contributed by atoms with E-state index >= 15 is 0 Å². The first kappa shape index (κ1) is 12.6. The fourth-order valence-electron chi connectivity index (χ4n) is 3.75. The van der Waals surface area contributed by atoms with Crippen LogP contribution in [-0.4, -0.2) is 18.8 Å². The molecule has 18 heavy (non-hydrogen) atoms. The quantitative estimate of drug-likeness (QED) is 0.901. The molecule has 1 saturated heterocycles. The largest absolute Gasteiger partial charge is 0.377 e. The standard InChI is InChI=1S/C15H23NOS/c1-10(12-7-5-9-18-12)16-13-11-6-4-8-17-14(11)15(13,2)3/h5,7,9-11,13-14,16H,4,6,8H2,1-3H3. The van der Waals surface area contributed by atoms with Crippen LogP contribution in [0.1, 0.15) is 44.5 Å². The van der Waals surface area contributed by atoms with Gasteiger partial charge in [-0.15, -0.1) is 11.3 Å². The second-order valence-corrected chi connectivity index (χ2v) is 7.28. The molecule has 1 N–H and O–H groups in total. The van der Waals surface area contributed by atoms with Crippen LogP contribution in [0.5, 0.6) is 0 Å². The Morgan fingerprint density at radius 1 is 1.50 bits per heavy atom. The summed E-state index contributed by atoms with van der Waals surface area (Å²) in [6, 6.07) is 5.41. The molecule has 1 aliphatic carbocycles. The molecule has 1 aromatic heterocycles. The van der Waals surface area contributed by atoms with E-state index < -0.39 is 0 Å². The van der Waals surface area contributed by atoms with Crippen LogP contribution >= 0.6 is 11.3 Å². The summed E-state index contributed by atoms with van der Waals surface area (Å²) in [4.78, 5) is 1.44. The van der Waals surface area contributed by atoms with Crippen molar-refractivity contribution in [2.75, 3.05) is 6.61 Å². The van der Waals surface area contributed by atoms with E-state index in [4.69, 9.17) is 4.74 Å². The van der Waals surface area contributed by atoms with Gasteiger partial charge in [-0.3, -0.25) is 0 Å². The number of hydrogen-bond acceptors (Lipinski definition) is 3. The van der Waals surface area contributed by atoms with Crippen molar-refractivity contribution in [2.45, 2.75) is 51.8 Å². The highest BCUT2D eigenvalue weighted by Crippen LogP contribution is 2.51. The molecule has 0 spiro atoms. The molecule has 0 radical (unpaired) electrons. The van der Waals surface area contributed by atoms with Crippen molar-refractivity contribution in [1.82, 2.24) is 5.32 Å². The van der Waals surface area contributed by atoms with Gasteiger partial charge in [-0.1, -0.05) is 19.9 Å². The highest BCUT2D eigenvalue weighted by Gasteiger charge is 2.57. The molecule has 2 heterocycles. The lowest BCUT2D eigenvalue weighted by molar-refractivity contribution is -0.194. The van der Waals surface area contributed by atoms with Crippen LogP contribution in [0.25, 0.3) is 0 Å². The van der Waals surface area contributed by atoms with Gasteiger partial charge in [0.1, 0.15) is 0 Å². The molecule has 4 atom stereocenters. The molecule has 0 aromatic carbocycles. The monoisotopic (exact) mass is 265 g/mol. The van der Waals surface area contributed by atoms with Crippen LogP contribution in [0.3, 0.4) is 0 Å². The third-order valence-corrected chi connectivity index (χ3v) is 5.79. The average Bonchev–Trinajstić information content (AvgIpc) is 2.89. The predicted molar refractivity (Wildman–Crippen MR) is 75.9 cm³/mol. The lowest BCUT2D eigenvalue weighted by atomic mass is 9.55. The first-order valence-corrected chi connectivity index (χ1v) is 7.89. The van der Waals surface area contributed by atoms with E-state index in [-0.39, 0.29) is 5.41 Å². The lowest BCUT2D eigenvalue weighted by Gasteiger charge is -2.60. The number of fused-ring (bicyclic) bond motifs is 1. The van der Waals surface area contributed by atoms with E-state index in [0.717, 1.165) is 12.5 Å². The summed E-state index contributed by atoms with van der Waals surface area (Å²) in [7, 11) is 0. The fourth-order valence-corrected chi connectivity index (χ4v) is 4.49. The van der Waals surface area contributed by atoms with Crippen LogP contribution in [-0.2, 0) is 4.74 Å². The highest BCUT2D eigenvalue weighted by molar-refractivity contribution is 7.10. The van der Waals surface area contributed by atoms with Gasteiger partial charge >= 0.3 is 0 Å². The van der Waals surface area contributed by atoms with E-state index in [0.29, 0.717) is 18.2 Å². The van der Waals surface area contributed by atoms with Gasteiger partial charge in [-0.2, -0.15) is 0 Å².